The molecule has 4 heterocycles. The summed E-state index contributed by atoms with van der Waals surface area (Å²) >= 11 is 0. The van der Waals surface area contributed by atoms with Crippen LogP contribution in [0.4, 0.5) is 10.5 Å². The van der Waals surface area contributed by atoms with E-state index in [9.17, 15) is 9.59 Å². The zero-order valence-corrected chi connectivity index (χ0v) is 34.6. The van der Waals surface area contributed by atoms with Gasteiger partial charge < -0.3 is 45.8 Å². The van der Waals surface area contributed by atoms with Crippen LogP contribution in [0.15, 0.2) is 59.1 Å². The average Bonchev–Trinajstić information content (AvgIpc) is 3.47. The Labute approximate surface area is 333 Å². The fourth-order valence-electron chi connectivity index (χ4n) is 8.17. The molecule has 5 N–H and O–H groups in total. The molecule has 0 saturated carbocycles. The van der Waals surface area contributed by atoms with E-state index < -0.39 is 6.16 Å². The van der Waals surface area contributed by atoms with E-state index in [1.54, 1.807) is 6.92 Å². The maximum Gasteiger partial charge on any atom is 0.506 e. The number of pyridine rings is 1. The predicted octanol–water partition coefficient (Wildman–Crippen LogP) is 5.03. The second kappa shape index (κ2) is 20.0. The number of allylic oxidation sites excluding steroid dienone is 5. The van der Waals surface area contributed by atoms with Gasteiger partial charge in [-0.25, -0.2) is 9.78 Å². The molecule has 0 radical (unpaired) electrons. The van der Waals surface area contributed by atoms with E-state index >= 15 is 0 Å². The molecular formula is C43H65N9O4. The highest BCUT2D eigenvalue weighted by atomic mass is 16.7. The maximum atomic E-state index is 11.7. The van der Waals surface area contributed by atoms with E-state index in [0.29, 0.717) is 24.4 Å². The minimum atomic E-state index is -1.41. The van der Waals surface area contributed by atoms with Crippen molar-refractivity contribution in [1.29, 1.82) is 0 Å². The number of carbonyl (C=O) groups excluding carboxylic acids is 1. The number of likely N-dealkylation sites (tertiary alicyclic amines) is 1. The fraction of sp³-hybridized carbons (Fsp3) is 0.558. The van der Waals surface area contributed by atoms with E-state index in [1.165, 1.54) is 42.3 Å². The van der Waals surface area contributed by atoms with Crippen LogP contribution in [0.2, 0.25) is 0 Å². The number of unbranched alkanes of at least 4 members (excludes halogenated alkanes) is 3. The Morgan fingerprint density at radius 2 is 1.71 bits per heavy atom. The normalized spacial score (nSPS) is 18.7. The summed E-state index contributed by atoms with van der Waals surface area (Å²) in [7, 11) is 8.53. The van der Waals surface area contributed by atoms with Gasteiger partial charge >= 0.3 is 6.16 Å². The van der Waals surface area contributed by atoms with Crippen LogP contribution in [0.25, 0.3) is 16.6 Å². The van der Waals surface area contributed by atoms with Gasteiger partial charge in [0.2, 0.25) is 0 Å². The third-order valence-corrected chi connectivity index (χ3v) is 11.5. The third-order valence-electron chi connectivity index (χ3n) is 11.5. The number of nitrogens with zero attached hydrogens (tertiary/aromatic N) is 7. The number of nitrogens with two attached hydrogens (primary N) is 2. The number of rotatable bonds is 17. The summed E-state index contributed by atoms with van der Waals surface area (Å²) in [5.74, 6) is 0.811. The molecule has 13 nitrogen and oxygen atoms in total. The van der Waals surface area contributed by atoms with Gasteiger partial charge in [-0.15, -0.1) is 0 Å². The first-order chi connectivity index (χ1) is 26.8. The minimum Gasteiger partial charge on any atom is -0.450 e. The number of carbonyl (C=O) groups is 2. The van der Waals surface area contributed by atoms with Gasteiger partial charge in [0.25, 0.3) is 0 Å². The second-order valence-electron chi connectivity index (χ2n) is 16.1. The molecule has 0 aliphatic carbocycles. The molecule has 5 rings (SSSR count). The van der Waals surface area contributed by atoms with Gasteiger partial charge in [-0.1, -0.05) is 12.8 Å². The van der Waals surface area contributed by atoms with Crippen LogP contribution in [-0.4, -0.2) is 140 Å². The number of aldehydes is 1. The molecule has 3 aliphatic heterocycles. The van der Waals surface area contributed by atoms with E-state index in [-0.39, 0.29) is 12.2 Å². The summed E-state index contributed by atoms with van der Waals surface area (Å²) in [5, 5.41) is 10.1. The smallest absolute Gasteiger partial charge is 0.450 e. The highest BCUT2D eigenvalue weighted by Crippen LogP contribution is 2.37. The number of hydrogen-bond acceptors (Lipinski definition) is 12. The largest absolute Gasteiger partial charge is 0.506 e. The first-order valence-electron chi connectivity index (χ1n) is 20.2. The number of piperidine rings is 1. The van der Waals surface area contributed by atoms with E-state index in [0.717, 1.165) is 106 Å². The van der Waals surface area contributed by atoms with Crippen LogP contribution >= 0.6 is 0 Å². The molecule has 3 aliphatic rings. The fourth-order valence-corrected chi connectivity index (χ4v) is 8.17. The highest BCUT2D eigenvalue weighted by Gasteiger charge is 2.27. The molecule has 2 fully saturated rings. The van der Waals surface area contributed by atoms with Crippen molar-refractivity contribution in [1.82, 2.24) is 29.5 Å². The van der Waals surface area contributed by atoms with Crippen LogP contribution in [0.5, 0.6) is 0 Å². The summed E-state index contributed by atoms with van der Waals surface area (Å²) < 4.78 is 4.66. The van der Waals surface area contributed by atoms with Gasteiger partial charge in [0.15, 0.2) is 0 Å². The summed E-state index contributed by atoms with van der Waals surface area (Å²) in [5.41, 5.74) is 20.2. The number of carboxylic acid groups (broad SMARTS) is 1. The van der Waals surface area contributed by atoms with Crippen LogP contribution in [0.1, 0.15) is 69.2 Å². The molecule has 1 aromatic heterocycles. The number of hydrogen-bond donors (Lipinski definition) is 3. The minimum absolute atomic E-state index is 0.287. The first kappa shape index (κ1) is 42.6. The molecule has 13 heteroatoms. The predicted molar refractivity (Wildman–Crippen MR) is 226 cm³/mol. The van der Waals surface area contributed by atoms with E-state index in [4.69, 9.17) is 21.6 Å². The standard InChI is InChI=1S/C43H65N9O4/c1-31(34(29-53)30-56-43(54)55)25-40-42-33(27-49(40)6)26-36-37(28-47(3)4)39(13-12-38(36)46-42)51-23-21-50(22-24-51)18-10-8-7-9-17-48(5)35-15-19-52(20-16-35)41(45)14-11-32(2)44/h11-14,25-26,29,35H,7-10,15-24,27-28,30,44-45H2,1-6H3,(H,54,55)/b32-11-,34-31+,40-25-,41-14+. The lowest BCUT2D eigenvalue weighted by Gasteiger charge is -2.38. The van der Waals surface area contributed by atoms with Crippen LogP contribution in [0, 0.1) is 0 Å². The van der Waals surface area contributed by atoms with Gasteiger partial charge in [-0.2, -0.15) is 0 Å². The molecule has 0 bridgehead atoms. The Morgan fingerprint density at radius 1 is 1.00 bits per heavy atom. The first-order valence-corrected chi connectivity index (χ1v) is 20.2. The van der Waals surface area contributed by atoms with Gasteiger partial charge in [-0.05, 0) is 127 Å². The Morgan fingerprint density at radius 3 is 2.38 bits per heavy atom. The molecule has 2 aromatic rings. The summed E-state index contributed by atoms with van der Waals surface area (Å²) in [6.07, 6.45) is 12.3. The Kier molecular flexibility index (Phi) is 15.2. The number of ether oxygens (including phenoxy) is 1. The van der Waals surface area contributed by atoms with Crippen molar-refractivity contribution in [3.8, 4) is 0 Å². The zero-order chi connectivity index (χ0) is 40.4. The lowest BCUT2D eigenvalue weighted by molar-refractivity contribution is -0.105. The number of fused-ring (bicyclic) bond motifs is 2. The Balaban J connectivity index is 1.12. The van der Waals surface area contributed by atoms with Crippen molar-refractivity contribution < 1.29 is 19.4 Å². The van der Waals surface area contributed by atoms with Crippen molar-refractivity contribution in [2.24, 2.45) is 11.5 Å². The SMILES string of the molecule is C/C(N)=C/C=C(\N)N1CCC(N(C)CCCCCCN2CCN(c3ccc4nc5c(cc4c3CN(C)C)CN(C)/C5=C\C(C)=C(/C=O)COC(=O)O)CC2)CC1. The van der Waals surface area contributed by atoms with E-state index in [1.807, 2.05) is 32.2 Å². The molecule has 0 spiro atoms. The number of anilines is 1. The average molecular weight is 772 g/mol. The van der Waals surface area contributed by atoms with E-state index in [2.05, 4.69) is 73.5 Å². The Bertz CT molecular complexity index is 1800. The van der Waals surface area contributed by atoms with Crippen molar-refractivity contribution in [2.75, 3.05) is 92.1 Å². The molecule has 2 saturated heterocycles. The van der Waals surface area contributed by atoms with Crippen molar-refractivity contribution >= 4 is 34.7 Å². The number of aromatic nitrogens is 1. The van der Waals surface area contributed by atoms with Crippen LogP contribution in [-0.2, 0) is 22.6 Å². The molecule has 0 atom stereocenters. The van der Waals surface area contributed by atoms with Gasteiger partial charge in [-0.3, -0.25) is 9.69 Å². The molecule has 1 aromatic carbocycles. The zero-order valence-electron chi connectivity index (χ0n) is 34.6. The monoisotopic (exact) mass is 772 g/mol. The Hall–Kier alpha value is -4.59. The lowest BCUT2D eigenvalue weighted by atomic mass is 10.0. The number of benzene rings is 1. The van der Waals surface area contributed by atoms with Crippen molar-refractivity contribution in [3.05, 3.63) is 75.9 Å². The lowest BCUT2D eigenvalue weighted by Crippen LogP contribution is -2.47. The van der Waals surface area contributed by atoms with Crippen molar-refractivity contribution in [2.45, 2.75) is 71.5 Å². The van der Waals surface area contributed by atoms with Gasteiger partial charge in [0.05, 0.1) is 22.7 Å². The maximum absolute atomic E-state index is 11.7. The molecule has 0 amide bonds. The summed E-state index contributed by atoms with van der Waals surface area (Å²) in [6, 6.07) is 7.30. The second-order valence-corrected chi connectivity index (χ2v) is 16.1. The van der Waals surface area contributed by atoms with Crippen molar-refractivity contribution in [3.63, 3.8) is 0 Å². The summed E-state index contributed by atoms with van der Waals surface area (Å²) in [4.78, 5) is 42.2. The highest BCUT2D eigenvalue weighted by molar-refractivity contribution is 5.91. The summed E-state index contributed by atoms with van der Waals surface area (Å²) in [6.45, 7) is 13.3. The molecule has 306 valence electrons. The topological polar surface area (TPSA) is 148 Å². The number of piperazine rings is 1. The molecule has 56 heavy (non-hydrogen) atoms. The van der Waals surface area contributed by atoms with Crippen LogP contribution in [0.3, 0.4) is 0 Å². The third kappa shape index (κ3) is 11.3. The van der Waals surface area contributed by atoms with Gasteiger partial charge in [0, 0.05) is 87.8 Å². The van der Waals surface area contributed by atoms with Gasteiger partial charge in [0.1, 0.15) is 12.9 Å². The van der Waals surface area contributed by atoms with Crippen LogP contribution < -0.4 is 16.4 Å². The quantitative estimate of drug-likeness (QED) is 0.0650. The molecule has 0 unspecified atom stereocenters. The molecular weight excluding hydrogens is 707 g/mol.